The zero-order valence-corrected chi connectivity index (χ0v) is 5.48. The van der Waals surface area contributed by atoms with Gasteiger partial charge in [0.05, 0.1) is 6.10 Å². The molecular formula is C6H13NO. The largest absolute Gasteiger partial charge is 0.381 e. The van der Waals surface area contributed by atoms with Crippen LogP contribution in [0.4, 0.5) is 0 Å². The molecule has 0 aromatic carbocycles. The van der Waals surface area contributed by atoms with Gasteiger partial charge in [0.25, 0.3) is 0 Å². The van der Waals surface area contributed by atoms with Gasteiger partial charge in [-0.15, -0.1) is 0 Å². The Hall–Kier alpha value is -0.0800. The molecule has 0 saturated heterocycles. The molecule has 0 amide bonds. The molecule has 1 aliphatic carbocycles. The molecule has 0 aromatic rings. The summed E-state index contributed by atoms with van der Waals surface area (Å²) in [5.41, 5.74) is 0. The van der Waals surface area contributed by atoms with Crippen LogP contribution in [0.15, 0.2) is 0 Å². The van der Waals surface area contributed by atoms with Gasteiger partial charge in [-0.25, -0.2) is 0 Å². The van der Waals surface area contributed by atoms with Crippen LogP contribution < -0.4 is 5.32 Å². The normalized spacial score (nSPS) is 36.8. The van der Waals surface area contributed by atoms with E-state index in [1.54, 1.807) is 7.11 Å². The molecule has 1 fully saturated rings. The maximum atomic E-state index is 5.08. The number of nitrogens with one attached hydrogen (secondary N) is 1. The minimum atomic E-state index is 0.535. The number of ether oxygens (including phenoxy) is 1. The second kappa shape index (κ2) is 2.46. The Morgan fingerprint density at radius 3 is 2.50 bits per heavy atom. The molecule has 0 aliphatic heterocycles. The van der Waals surface area contributed by atoms with Crippen LogP contribution in [0.2, 0.25) is 0 Å². The fraction of sp³-hybridized carbons (Fsp3) is 1.00. The third kappa shape index (κ3) is 1.01. The Bertz CT molecular complexity index is 60.9. The molecule has 0 spiro atoms. The van der Waals surface area contributed by atoms with Crippen molar-refractivity contribution >= 4 is 0 Å². The van der Waals surface area contributed by atoms with Crippen LogP contribution in [0.25, 0.3) is 0 Å². The first-order valence-electron chi connectivity index (χ1n) is 3.07. The highest BCUT2D eigenvalue weighted by Gasteiger charge is 2.26. The van der Waals surface area contributed by atoms with Gasteiger partial charge >= 0.3 is 0 Å². The van der Waals surface area contributed by atoms with Crippen LogP contribution in [0.1, 0.15) is 12.8 Å². The lowest BCUT2D eigenvalue weighted by Gasteiger charge is -2.33. The first-order chi connectivity index (χ1) is 3.86. The zero-order chi connectivity index (χ0) is 5.98. The lowest BCUT2D eigenvalue weighted by atomic mass is 9.90. The van der Waals surface area contributed by atoms with Crippen molar-refractivity contribution in [3.05, 3.63) is 0 Å². The van der Waals surface area contributed by atoms with Crippen molar-refractivity contribution in [2.24, 2.45) is 0 Å². The van der Waals surface area contributed by atoms with E-state index in [1.807, 2.05) is 7.05 Å². The summed E-state index contributed by atoms with van der Waals surface area (Å²) in [7, 11) is 3.77. The van der Waals surface area contributed by atoms with E-state index in [9.17, 15) is 0 Å². The molecule has 2 nitrogen and oxygen atoms in total. The van der Waals surface area contributed by atoms with Crippen LogP contribution in [0, 0.1) is 0 Å². The molecule has 1 saturated carbocycles. The first kappa shape index (κ1) is 6.05. The summed E-state index contributed by atoms with van der Waals surface area (Å²) < 4.78 is 5.08. The summed E-state index contributed by atoms with van der Waals surface area (Å²) in [6.45, 7) is 0. The number of methoxy groups -OCH3 is 1. The molecule has 8 heavy (non-hydrogen) atoms. The van der Waals surface area contributed by atoms with Crippen LogP contribution >= 0.6 is 0 Å². The van der Waals surface area contributed by atoms with Gasteiger partial charge in [-0.2, -0.15) is 0 Å². The van der Waals surface area contributed by atoms with E-state index in [4.69, 9.17) is 4.74 Å². The van der Waals surface area contributed by atoms with E-state index in [2.05, 4.69) is 5.32 Å². The maximum Gasteiger partial charge on any atom is 0.0601 e. The van der Waals surface area contributed by atoms with Crippen molar-refractivity contribution in [1.29, 1.82) is 0 Å². The van der Waals surface area contributed by atoms with E-state index in [-0.39, 0.29) is 0 Å². The third-order valence-electron chi connectivity index (χ3n) is 1.84. The number of rotatable bonds is 2. The highest BCUT2D eigenvalue weighted by atomic mass is 16.5. The lowest BCUT2D eigenvalue weighted by Crippen LogP contribution is -2.43. The molecule has 0 bridgehead atoms. The van der Waals surface area contributed by atoms with E-state index in [0.717, 1.165) is 6.04 Å². The molecule has 2 heteroatoms. The van der Waals surface area contributed by atoms with Crippen LogP contribution in [-0.4, -0.2) is 26.3 Å². The molecule has 1 aliphatic rings. The van der Waals surface area contributed by atoms with Gasteiger partial charge in [-0.3, -0.25) is 0 Å². The Labute approximate surface area is 50.2 Å². The Morgan fingerprint density at radius 2 is 2.12 bits per heavy atom. The summed E-state index contributed by atoms with van der Waals surface area (Å²) in [5, 5.41) is 3.19. The van der Waals surface area contributed by atoms with Crippen LogP contribution in [-0.2, 0) is 4.74 Å². The zero-order valence-electron chi connectivity index (χ0n) is 5.48. The number of hydrogen-bond acceptors (Lipinski definition) is 2. The Balaban J connectivity index is 2.03. The van der Waals surface area contributed by atoms with Gasteiger partial charge in [0.2, 0.25) is 0 Å². The Kier molecular flexibility index (Phi) is 1.86. The fourth-order valence-electron chi connectivity index (χ4n) is 0.994. The van der Waals surface area contributed by atoms with Crippen molar-refractivity contribution in [2.75, 3.05) is 14.2 Å². The average molecular weight is 115 g/mol. The average Bonchev–Trinajstić information content (AvgIpc) is 1.65. The summed E-state index contributed by atoms with van der Waals surface area (Å²) >= 11 is 0. The molecule has 0 aromatic heterocycles. The molecule has 48 valence electrons. The molecule has 0 radical (unpaired) electrons. The second-order valence-electron chi connectivity index (χ2n) is 2.31. The summed E-state index contributed by atoms with van der Waals surface area (Å²) in [5.74, 6) is 0. The SMILES string of the molecule is CNC1CC(OC)C1. The maximum absolute atomic E-state index is 5.08. The van der Waals surface area contributed by atoms with Crippen molar-refractivity contribution in [1.82, 2.24) is 5.32 Å². The Morgan fingerprint density at radius 1 is 1.50 bits per heavy atom. The quantitative estimate of drug-likeness (QED) is 0.562. The van der Waals surface area contributed by atoms with E-state index in [0.29, 0.717) is 6.10 Å². The molecule has 0 unspecified atom stereocenters. The van der Waals surface area contributed by atoms with Gasteiger partial charge in [-0.05, 0) is 19.9 Å². The third-order valence-corrected chi connectivity index (χ3v) is 1.84. The predicted molar refractivity (Wildman–Crippen MR) is 32.9 cm³/mol. The summed E-state index contributed by atoms with van der Waals surface area (Å²) in [6.07, 6.45) is 2.91. The summed E-state index contributed by atoms with van der Waals surface area (Å²) in [4.78, 5) is 0. The monoisotopic (exact) mass is 115 g/mol. The second-order valence-corrected chi connectivity index (χ2v) is 2.31. The molecule has 1 N–H and O–H groups in total. The van der Waals surface area contributed by atoms with E-state index >= 15 is 0 Å². The van der Waals surface area contributed by atoms with Crippen LogP contribution in [0.5, 0.6) is 0 Å². The van der Waals surface area contributed by atoms with E-state index < -0.39 is 0 Å². The highest BCUT2D eigenvalue weighted by Crippen LogP contribution is 2.21. The van der Waals surface area contributed by atoms with Crippen molar-refractivity contribution in [2.45, 2.75) is 25.0 Å². The minimum absolute atomic E-state index is 0.535. The van der Waals surface area contributed by atoms with Gasteiger partial charge < -0.3 is 10.1 Å². The van der Waals surface area contributed by atoms with Gasteiger partial charge in [0.15, 0.2) is 0 Å². The molecular weight excluding hydrogens is 102 g/mol. The van der Waals surface area contributed by atoms with Crippen molar-refractivity contribution < 1.29 is 4.74 Å². The molecule has 1 rings (SSSR count). The summed E-state index contributed by atoms with van der Waals surface area (Å²) in [6, 6.07) is 0.722. The molecule has 0 heterocycles. The fourth-order valence-corrected chi connectivity index (χ4v) is 0.994. The van der Waals surface area contributed by atoms with Gasteiger partial charge in [0, 0.05) is 13.2 Å². The van der Waals surface area contributed by atoms with Gasteiger partial charge in [0.1, 0.15) is 0 Å². The topological polar surface area (TPSA) is 21.3 Å². The predicted octanol–water partition coefficient (Wildman–Crippen LogP) is 0.383. The first-order valence-corrected chi connectivity index (χ1v) is 3.07. The molecule has 0 atom stereocenters. The standard InChI is InChI=1S/C6H13NO/c1-7-5-3-6(4-5)8-2/h5-7H,3-4H2,1-2H3. The highest BCUT2D eigenvalue weighted by molar-refractivity contribution is 4.84. The minimum Gasteiger partial charge on any atom is -0.381 e. The van der Waals surface area contributed by atoms with E-state index in [1.165, 1.54) is 12.8 Å². The van der Waals surface area contributed by atoms with Crippen LogP contribution in [0.3, 0.4) is 0 Å². The lowest BCUT2D eigenvalue weighted by molar-refractivity contribution is 0.0196. The van der Waals surface area contributed by atoms with Gasteiger partial charge in [-0.1, -0.05) is 0 Å². The number of hydrogen-bond donors (Lipinski definition) is 1. The van der Waals surface area contributed by atoms with Crippen molar-refractivity contribution in [3.8, 4) is 0 Å². The smallest absolute Gasteiger partial charge is 0.0601 e. The van der Waals surface area contributed by atoms with Crippen molar-refractivity contribution in [3.63, 3.8) is 0 Å².